The first-order valence-electron chi connectivity index (χ1n) is 7.42. The van der Waals surface area contributed by atoms with E-state index < -0.39 is 5.60 Å². The highest BCUT2D eigenvalue weighted by Gasteiger charge is 2.48. The van der Waals surface area contributed by atoms with Gasteiger partial charge in [-0.1, -0.05) is 12.1 Å². The zero-order valence-corrected chi connectivity index (χ0v) is 13.3. The van der Waals surface area contributed by atoms with Crippen molar-refractivity contribution in [2.45, 2.75) is 64.3 Å². The largest absolute Gasteiger partial charge is 0.459 e. The van der Waals surface area contributed by atoms with E-state index in [2.05, 4.69) is 0 Å². The third kappa shape index (κ3) is 4.21. The van der Waals surface area contributed by atoms with Crippen LogP contribution in [0.15, 0.2) is 24.3 Å². The standard InChI is InChI=1S/C17H25NO3/c1-16(2)11-14(17(3,4)21-16)20-15(19)10-7-12-5-8-13(18)9-6-12/h5-6,8-9,14H,7,10-11,18H2,1-4H3. The first kappa shape index (κ1) is 15.8. The number of nitrogen functional groups attached to an aromatic ring is 1. The molecule has 1 heterocycles. The van der Waals surface area contributed by atoms with Crippen LogP contribution in [-0.2, 0) is 20.7 Å². The highest BCUT2D eigenvalue weighted by Crippen LogP contribution is 2.39. The van der Waals surface area contributed by atoms with Crippen molar-refractivity contribution in [2.75, 3.05) is 5.73 Å². The summed E-state index contributed by atoms with van der Waals surface area (Å²) in [6, 6.07) is 7.57. The molecule has 1 aromatic rings. The first-order chi connectivity index (χ1) is 9.68. The molecular weight excluding hydrogens is 266 g/mol. The van der Waals surface area contributed by atoms with Gasteiger partial charge in [-0.2, -0.15) is 0 Å². The third-order valence-electron chi connectivity index (χ3n) is 3.86. The number of hydrogen-bond donors (Lipinski definition) is 1. The van der Waals surface area contributed by atoms with Gasteiger partial charge in [0.2, 0.25) is 0 Å². The van der Waals surface area contributed by atoms with Crippen LogP contribution in [0.2, 0.25) is 0 Å². The normalized spacial score (nSPS) is 23.0. The van der Waals surface area contributed by atoms with Gasteiger partial charge in [0.1, 0.15) is 11.7 Å². The number of nitrogens with two attached hydrogens (primary N) is 1. The molecule has 4 nitrogen and oxygen atoms in total. The fraction of sp³-hybridized carbons (Fsp3) is 0.588. The van der Waals surface area contributed by atoms with Crippen LogP contribution in [0, 0.1) is 0 Å². The van der Waals surface area contributed by atoms with Gasteiger partial charge in [0.05, 0.1) is 5.60 Å². The lowest BCUT2D eigenvalue weighted by atomic mass is 9.97. The van der Waals surface area contributed by atoms with E-state index in [-0.39, 0.29) is 17.7 Å². The number of aryl methyl sites for hydroxylation is 1. The van der Waals surface area contributed by atoms with E-state index in [0.29, 0.717) is 12.8 Å². The summed E-state index contributed by atoms with van der Waals surface area (Å²) in [7, 11) is 0. The molecule has 116 valence electrons. The molecule has 1 unspecified atom stereocenters. The van der Waals surface area contributed by atoms with Crippen molar-refractivity contribution >= 4 is 11.7 Å². The van der Waals surface area contributed by atoms with E-state index >= 15 is 0 Å². The number of esters is 1. The number of carbonyl (C=O) groups is 1. The van der Waals surface area contributed by atoms with Crippen molar-refractivity contribution in [1.82, 2.24) is 0 Å². The predicted octanol–water partition coefficient (Wildman–Crippen LogP) is 3.09. The molecule has 0 aliphatic carbocycles. The molecule has 0 amide bonds. The molecule has 2 rings (SSSR count). The molecule has 0 bridgehead atoms. The van der Waals surface area contributed by atoms with Crippen LogP contribution in [0.5, 0.6) is 0 Å². The van der Waals surface area contributed by atoms with Gasteiger partial charge in [0, 0.05) is 18.5 Å². The van der Waals surface area contributed by atoms with Crippen LogP contribution < -0.4 is 5.73 Å². The minimum atomic E-state index is -0.430. The van der Waals surface area contributed by atoms with Gasteiger partial charge in [-0.15, -0.1) is 0 Å². The average molecular weight is 291 g/mol. The molecule has 0 saturated carbocycles. The topological polar surface area (TPSA) is 61.5 Å². The molecule has 1 aliphatic heterocycles. The summed E-state index contributed by atoms with van der Waals surface area (Å²) in [5.41, 5.74) is 6.78. The predicted molar refractivity (Wildman–Crippen MR) is 82.9 cm³/mol. The van der Waals surface area contributed by atoms with E-state index in [4.69, 9.17) is 15.2 Å². The smallest absolute Gasteiger partial charge is 0.306 e. The lowest BCUT2D eigenvalue weighted by Crippen LogP contribution is -2.36. The quantitative estimate of drug-likeness (QED) is 0.684. The van der Waals surface area contributed by atoms with Crippen LogP contribution in [-0.4, -0.2) is 23.3 Å². The van der Waals surface area contributed by atoms with Crippen LogP contribution in [0.4, 0.5) is 5.69 Å². The van der Waals surface area contributed by atoms with Crippen molar-refractivity contribution in [3.05, 3.63) is 29.8 Å². The highest BCUT2D eigenvalue weighted by atomic mass is 16.6. The van der Waals surface area contributed by atoms with Crippen LogP contribution >= 0.6 is 0 Å². The van der Waals surface area contributed by atoms with Crippen LogP contribution in [0.25, 0.3) is 0 Å². The number of rotatable bonds is 4. The number of benzene rings is 1. The molecule has 2 N–H and O–H groups in total. The van der Waals surface area contributed by atoms with Crippen molar-refractivity contribution < 1.29 is 14.3 Å². The van der Waals surface area contributed by atoms with Crippen molar-refractivity contribution in [3.63, 3.8) is 0 Å². The number of hydrogen-bond acceptors (Lipinski definition) is 4. The molecule has 21 heavy (non-hydrogen) atoms. The summed E-state index contributed by atoms with van der Waals surface area (Å²) in [4.78, 5) is 12.0. The summed E-state index contributed by atoms with van der Waals surface area (Å²) < 4.78 is 11.6. The van der Waals surface area contributed by atoms with Gasteiger partial charge in [-0.3, -0.25) is 4.79 Å². The molecule has 0 spiro atoms. The van der Waals surface area contributed by atoms with Crippen LogP contribution in [0.1, 0.15) is 46.1 Å². The highest BCUT2D eigenvalue weighted by molar-refractivity contribution is 5.70. The maximum atomic E-state index is 12.0. The minimum absolute atomic E-state index is 0.175. The number of anilines is 1. The van der Waals surface area contributed by atoms with Gasteiger partial charge in [0.15, 0.2) is 0 Å². The molecule has 1 saturated heterocycles. The molecule has 1 aromatic carbocycles. The van der Waals surface area contributed by atoms with Crippen molar-refractivity contribution in [1.29, 1.82) is 0 Å². The van der Waals surface area contributed by atoms with E-state index in [1.807, 2.05) is 52.0 Å². The summed E-state index contributed by atoms with van der Waals surface area (Å²) in [6.07, 6.45) is 1.58. The van der Waals surface area contributed by atoms with Crippen molar-refractivity contribution in [3.8, 4) is 0 Å². The van der Waals surface area contributed by atoms with E-state index in [1.165, 1.54) is 0 Å². The number of ether oxygens (including phenoxy) is 2. The molecule has 0 radical (unpaired) electrons. The Bertz CT molecular complexity index is 505. The van der Waals surface area contributed by atoms with Gasteiger partial charge in [-0.05, 0) is 51.8 Å². The molecule has 4 heteroatoms. The van der Waals surface area contributed by atoms with Crippen LogP contribution in [0.3, 0.4) is 0 Å². The maximum absolute atomic E-state index is 12.0. The van der Waals surface area contributed by atoms with Gasteiger partial charge >= 0.3 is 5.97 Å². The molecular formula is C17H25NO3. The second-order valence-corrected chi connectivity index (χ2v) is 6.89. The van der Waals surface area contributed by atoms with Crippen molar-refractivity contribution in [2.24, 2.45) is 0 Å². The zero-order valence-electron chi connectivity index (χ0n) is 13.3. The monoisotopic (exact) mass is 291 g/mol. The van der Waals surface area contributed by atoms with E-state index in [1.54, 1.807) is 0 Å². The maximum Gasteiger partial charge on any atom is 0.306 e. The Balaban J connectivity index is 1.86. The SMILES string of the molecule is CC1(C)CC(OC(=O)CCc2ccc(N)cc2)C(C)(C)O1. The Kier molecular flexibility index (Phi) is 4.28. The van der Waals surface area contributed by atoms with Gasteiger partial charge in [0.25, 0.3) is 0 Å². The summed E-state index contributed by atoms with van der Waals surface area (Å²) in [5, 5.41) is 0. The average Bonchev–Trinajstić information content (AvgIpc) is 2.56. The fourth-order valence-corrected chi connectivity index (χ4v) is 2.84. The van der Waals surface area contributed by atoms with E-state index in [0.717, 1.165) is 17.7 Å². The second-order valence-electron chi connectivity index (χ2n) is 6.89. The first-order valence-corrected chi connectivity index (χ1v) is 7.42. The summed E-state index contributed by atoms with van der Waals surface area (Å²) in [6.45, 7) is 7.99. The Morgan fingerprint density at radius 2 is 1.90 bits per heavy atom. The molecule has 1 aliphatic rings. The Morgan fingerprint density at radius 3 is 2.43 bits per heavy atom. The Hall–Kier alpha value is -1.55. The van der Waals surface area contributed by atoms with Gasteiger partial charge < -0.3 is 15.2 Å². The summed E-state index contributed by atoms with van der Waals surface area (Å²) in [5.74, 6) is -0.175. The second kappa shape index (κ2) is 5.68. The fourth-order valence-electron chi connectivity index (χ4n) is 2.84. The lowest BCUT2D eigenvalue weighted by Gasteiger charge is -2.26. The Morgan fingerprint density at radius 1 is 1.29 bits per heavy atom. The minimum Gasteiger partial charge on any atom is -0.459 e. The number of carbonyl (C=O) groups excluding carboxylic acids is 1. The lowest BCUT2D eigenvalue weighted by molar-refractivity contribution is -0.158. The summed E-state index contributed by atoms with van der Waals surface area (Å²) >= 11 is 0. The molecule has 1 atom stereocenters. The zero-order chi connectivity index (χ0) is 15.7. The Labute approximate surface area is 126 Å². The third-order valence-corrected chi connectivity index (χ3v) is 3.86. The molecule has 1 fully saturated rings. The van der Waals surface area contributed by atoms with Gasteiger partial charge in [-0.25, -0.2) is 0 Å². The van der Waals surface area contributed by atoms with E-state index in [9.17, 15) is 4.79 Å². The molecule has 0 aromatic heterocycles.